The summed E-state index contributed by atoms with van der Waals surface area (Å²) in [5.74, 6) is -1.47. The number of benzene rings is 1. The van der Waals surface area contributed by atoms with Gasteiger partial charge >= 0.3 is 6.18 Å². The molecule has 1 aromatic carbocycles. The number of nitrogens with zero attached hydrogens (tertiary/aromatic N) is 2. The highest BCUT2D eigenvalue weighted by atomic mass is 19.4. The van der Waals surface area contributed by atoms with Crippen molar-refractivity contribution in [2.45, 2.75) is 6.18 Å². The normalized spacial score (nSPS) is 11.4. The average Bonchev–Trinajstić information content (AvgIpc) is 2.71. The summed E-state index contributed by atoms with van der Waals surface area (Å²) >= 11 is 0. The van der Waals surface area contributed by atoms with Crippen LogP contribution in [0.15, 0.2) is 30.3 Å². The van der Waals surface area contributed by atoms with Gasteiger partial charge in [0.2, 0.25) is 0 Å². The minimum atomic E-state index is -4.60. The van der Waals surface area contributed by atoms with E-state index in [-0.39, 0.29) is 11.4 Å². The van der Waals surface area contributed by atoms with Crippen LogP contribution in [0.2, 0.25) is 0 Å². The van der Waals surface area contributed by atoms with Crippen LogP contribution < -0.4 is 5.32 Å². The third-order valence-electron chi connectivity index (χ3n) is 2.50. The summed E-state index contributed by atoms with van der Waals surface area (Å²) in [5.41, 5.74) is -1.12. The standard InChI is InChI=1S/C12H9F4N3O/c1-19-10(6-9(18-19)12(14,15)16)17-11(20)7-3-2-4-8(13)5-7/h2-6H,1H3,(H,17,20). The molecule has 0 saturated heterocycles. The smallest absolute Gasteiger partial charge is 0.307 e. The maximum Gasteiger partial charge on any atom is 0.435 e. The molecule has 2 rings (SSSR count). The predicted octanol–water partition coefficient (Wildman–Crippen LogP) is 2.83. The molecule has 0 radical (unpaired) electrons. The molecule has 0 saturated carbocycles. The van der Waals surface area contributed by atoms with Crippen LogP contribution in [-0.2, 0) is 13.2 Å². The van der Waals surface area contributed by atoms with Gasteiger partial charge in [0.25, 0.3) is 5.91 Å². The van der Waals surface area contributed by atoms with Gasteiger partial charge in [-0.25, -0.2) is 4.39 Å². The molecule has 0 aliphatic heterocycles. The number of carbonyl (C=O) groups excluding carboxylic acids is 1. The number of hydrogen-bond acceptors (Lipinski definition) is 2. The van der Waals surface area contributed by atoms with Gasteiger partial charge in [-0.05, 0) is 18.2 Å². The van der Waals surface area contributed by atoms with Crippen LogP contribution in [0.1, 0.15) is 16.1 Å². The lowest BCUT2D eigenvalue weighted by atomic mass is 10.2. The second-order valence-electron chi connectivity index (χ2n) is 4.00. The third kappa shape index (κ3) is 2.95. The van der Waals surface area contributed by atoms with Gasteiger partial charge in [-0.3, -0.25) is 9.48 Å². The molecular formula is C12H9F4N3O. The summed E-state index contributed by atoms with van der Waals surface area (Å²) < 4.78 is 51.2. The number of rotatable bonds is 2. The second-order valence-corrected chi connectivity index (χ2v) is 4.00. The lowest BCUT2D eigenvalue weighted by molar-refractivity contribution is -0.141. The fourth-order valence-corrected chi connectivity index (χ4v) is 1.54. The van der Waals surface area contributed by atoms with Crippen molar-refractivity contribution in [3.8, 4) is 0 Å². The van der Waals surface area contributed by atoms with Crippen LogP contribution in [-0.4, -0.2) is 15.7 Å². The van der Waals surface area contributed by atoms with E-state index in [2.05, 4.69) is 10.4 Å². The third-order valence-corrected chi connectivity index (χ3v) is 2.50. The average molecular weight is 287 g/mol. The number of carbonyl (C=O) groups is 1. The number of alkyl halides is 3. The molecule has 1 N–H and O–H groups in total. The van der Waals surface area contributed by atoms with Gasteiger partial charge in [0.05, 0.1) is 0 Å². The quantitative estimate of drug-likeness (QED) is 0.863. The Morgan fingerprint density at radius 3 is 2.55 bits per heavy atom. The molecule has 1 aromatic heterocycles. The largest absolute Gasteiger partial charge is 0.435 e. The molecule has 1 heterocycles. The Morgan fingerprint density at radius 1 is 1.30 bits per heavy atom. The van der Waals surface area contributed by atoms with Crippen LogP contribution >= 0.6 is 0 Å². The maximum atomic E-state index is 13.0. The van der Waals surface area contributed by atoms with Crippen molar-refractivity contribution >= 4 is 11.7 Å². The van der Waals surface area contributed by atoms with Gasteiger partial charge in [-0.2, -0.15) is 18.3 Å². The zero-order valence-corrected chi connectivity index (χ0v) is 10.2. The van der Waals surface area contributed by atoms with Crippen LogP contribution in [0.4, 0.5) is 23.4 Å². The number of aromatic nitrogens is 2. The lowest BCUT2D eigenvalue weighted by Gasteiger charge is -2.04. The second kappa shape index (κ2) is 4.95. The molecule has 8 heteroatoms. The van der Waals surface area contributed by atoms with Crippen molar-refractivity contribution in [2.24, 2.45) is 7.05 Å². The summed E-state index contributed by atoms with van der Waals surface area (Å²) in [6, 6.07) is 5.52. The van der Waals surface area contributed by atoms with E-state index in [0.29, 0.717) is 6.07 Å². The Kier molecular flexibility index (Phi) is 3.47. The van der Waals surface area contributed by atoms with Crippen molar-refractivity contribution in [3.63, 3.8) is 0 Å². The first-order valence-corrected chi connectivity index (χ1v) is 5.45. The Bertz CT molecular complexity index is 648. The van der Waals surface area contributed by atoms with Gasteiger partial charge in [0, 0.05) is 18.7 Å². The van der Waals surface area contributed by atoms with E-state index >= 15 is 0 Å². The molecule has 1 amide bonds. The van der Waals surface area contributed by atoms with Crippen LogP contribution in [0, 0.1) is 5.82 Å². The molecule has 0 aliphatic rings. The highest BCUT2D eigenvalue weighted by Gasteiger charge is 2.34. The first-order valence-electron chi connectivity index (χ1n) is 5.45. The van der Waals surface area contributed by atoms with Gasteiger partial charge in [-0.1, -0.05) is 6.07 Å². The minimum absolute atomic E-state index is 0.000223. The molecule has 106 valence electrons. The first kappa shape index (κ1) is 14.0. The topological polar surface area (TPSA) is 46.9 Å². The van der Waals surface area contributed by atoms with Gasteiger partial charge < -0.3 is 5.32 Å². The molecule has 0 atom stereocenters. The van der Waals surface area contributed by atoms with Gasteiger partial charge in [-0.15, -0.1) is 0 Å². The maximum absolute atomic E-state index is 13.0. The fraction of sp³-hybridized carbons (Fsp3) is 0.167. The van der Waals surface area contributed by atoms with E-state index in [0.717, 1.165) is 16.8 Å². The van der Waals surface area contributed by atoms with Crippen LogP contribution in [0.25, 0.3) is 0 Å². The predicted molar refractivity (Wildman–Crippen MR) is 62.6 cm³/mol. The number of halogens is 4. The summed E-state index contributed by atoms with van der Waals surface area (Å²) in [7, 11) is 1.26. The van der Waals surface area contributed by atoms with Crippen molar-refractivity contribution in [1.82, 2.24) is 9.78 Å². The van der Waals surface area contributed by atoms with Crippen molar-refractivity contribution < 1.29 is 22.4 Å². The highest BCUT2D eigenvalue weighted by Crippen LogP contribution is 2.29. The molecule has 0 bridgehead atoms. The number of hydrogen-bond donors (Lipinski definition) is 1. The zero-order valence-electron chi connectivity index (χ0n) is 10.2. The number of aryl methyl sites for hydroxylation is 1. The Balaban J connectivity index is 2.22. The number of amides is 1. The van der Waals surface area contributed by atoms with Crippen LogP contribution in [0.5, 0.6) is 0 Å². The Labute approximate surface area is 111 Å². The lowest BCUT2D eigenvalue weighted by Crippen LogP contribution is -2.14. The van der Waals surface area contributed by atoms with E-state index in [1.54, 1.807) is 0 Å². The monoisotopic (exact) mass is 287 g/mol. The zero-order chi connectivity index (χ0) is 14.9. The Hall–Kier alpha value is -2.38. The van der Waals surface area contributed by atoms with E-state index in [1.807, 2.05) is 0 Å². The summed E-state index contributed by atoms with van der Waals surface area (Å²) in [6.45, 7) is 0. The molecule has 0 aliphatic carbocycles. The molecule has 20 heavy (non-hydrogen) atoms. The van der Waals surface area contributed by atoms with E-state index in [4.69, 9.17) is 0 Å². The van der Waals surface area contributed by atoms with Gasteiger partial charge in [0.15, 0.2) is 5.69 Å². The first-order chi connectivity index (χ1) is 9.27. The molecule has 0 spiro atoms. The summed E-state index contributed by atoms with van der Waals surface area (Å²) in [6.07, 6.45) is -4.60. The molecule has 4 nitrogen and oxygen atoms in total. The SMILES string of the molecule is Cn1nc(C(F)(F)F)cc1NC(=O)c1cccc(F)c1. The summed E-state index contributed by atoms with van der Waals surface area (Å²) in [4.78, 5) is 11.8. The van der Waals surface area contributed by atoms with E-state index < -0.39 is 23.6 Å². The van der Waals surface area contributed by atoms with Crippen molar-refractivity contribution in [3.05, 3.63) is 47.4 Å². The van der Waals surface area contributed by atoms with E-state index in [9.17, 15) is 22.4 Å². The van der Waals surface area contributed by atoms with Crippen molar-refractivity contribution in [2.75, 3.05) is 5.32 Å². The van der Waals surface area contributed by atoms with Crippen molar-refractivity contribution in [1.29, 1.82) is 0 Å². The molecule has 2 aromatic rings. The molecule has 0 unspecified atom stereocenters. The number of nitrogens with one attached hydrogen (secondary N) is 1. The number of anilines is 1. The van der Waals surface area contributed by atoms with E-state index in [1.165, 1.54) is 19.2 Å². The molecular weight excluding hydrogens is 278 g/mol. The minimum Gasteiger partial charge on any atom is -0.307 e. The fourth-order valence-electron chi connectivity index (χ4n) is 1.54. The van der Waals surface area contributed by atoms with Crippen LogP contribution in [0.3, 0.4) is 0 Å². The highest BCUT2D eigenvalue weighted by molar-refractivity contribution is 6.03. The molecule has 0 fully saturated rings. The Morgan fingerprint density at radius 2 is 2.00 bits per heavy atom. The summed E-state index contributed by atoms with van der Waals surface area (Å²) in [5, 5.41) is 5.49. The van der Waals surface area contributed by atoms with Gasteiger partial charge in [0.1, 0.15) is 11.6 Å².